The molecule has 2 aliphatic heterocycles. The van der Waals surface area contributed by atoms with Crippen LogP contribution >= 0.6 is 11.6 Å². The normalized spacial score (nSPS) is 16.9. The van der Waals surface area contributed by atoms with Gasteiger partial charge in [0.1, 0.15) is 12.4 Å². The molecule has 0 spiro atoms. The topological polar surface area (TPSA) is 67.7 Å². The van der Waals surface area contributed by atoms with Crippen molar-refractivity contribution in [3.63, 3.8) is 0 Å². The lowest BCUT2D eigenvalue weighted by atomic mass is 10.0. The van der Waals surface area contributed by atoms with E-state index < -0.39 is 22.8 Å². The molecule has 10 heteroatoms. The second-order valence-corrected chi connectivity index (χ2v) is 11.6. The molecule has 3 heterocycles. The van der Waals surface area contributed by atoms with Crippen LogP contribution in [0.2, 0.25) is 5.02 Å². The first-order valence-electron chi connectivity index (χ1n) is 13.0. The Morgan fingerprint density at radius 1 is 1.11 bits per heavy atom. The Balaban J connectivity index is 1.37. The third-order valence-corrected chi connectivity index (χ3v) is 8.67. The van der Waals surface area contributed by atoms with Crippen LogP contribution in [0.1, 0.15) is 46.4 Å². The summed E-state index contributed by atoms with van der Waals surface area (Å²) >= 11 is 6.46. The van der Waals surface area contributed by atoms with Crippen molar-refractivity contribution in [2.75, 3.05) is 32.4 Å². The molecular formula is C28H32ClFN4O3S. The highest BCUT2D eigenvalue weighted by molar-refractivity contribution is 7.81. The molecular weight excluding hydrogens is 527 g/mol. The molecule has 1 unspecified atom stereocenters. The summed E-state index contributed by atoms with van der Waals surface area (Å²) in [5.74, 6) is -0.964. The van der Waals surface area contributed by atoms with Crippen LogP contribution in [0.15, 0.2) is 42.5 Å². The molecule has 38 heavy (non-hydrogen) atoms. The van der Waals surface area contributed by atoms with Crippen molar-refractivity contribution in [3.05, 3.63) is 75.7 Å². The molecule has 0 bridgehead atoms. The van der Waals surface area contributed by atoms with E-state index in [0.717, 1.165) is 49.3 Å². The average Bonchev–Trinajstić information content (AvgIpc) is 3.56. The van der Waals surface area contributed by atoms with Gasteiger partial charge in [-0.3, -0.25) is 4.68 Å². The number of esters is 1. The van der Waals surface area contributed by atoms with Crippen molar-refractivity contribution in [3.8, 4) is 11.3 Å². The molecule has 2 aliphatic rings. The molecule has 1 fully saturated rings. The Labute approximate surface area is 230 Å². The number of carbonyl (C=O) groups is 1. The highest BCUT2D eigenvalue weighted by atomic mass is 35.5. The first-order chi connectivity index (χ1) is 18.4. The second-order valence-electron chi connectivity index (χ2n) is 9.83. The fourth-order valence-corrected chi connectivity index (χ4v) is 6.03. The third-order valence-electron chi connectivity index (χ3n) is 7.26. The SMILES string of the molecule is CS(=O)N1CCc2c(c(-c3ccc(Cl)c(COC(=O)c4ccc(F)cc4)c3)nn2CCCN2CCCC2)C1. The van der Waals surface area contributed by atoms with E-state index in [0.29, 0.717) is 17.1 Å². The molecule has 0 radical (unpaired) electrons. The molecule has 1 saturated heterocycles. The Morgan fingerprint density at radius 3 is 2.61 bits per heavy atom. The average molecular weight is 559 g/mol. The number of aryl methyl sites for hydroxylation is 1. The molecule has 1 atom stereocenters. The number of benzene rings is 2. The summed E-state index contributed by atoms with van der Waals surface area (Å²) in [6.07, 6.45) is 6.09. The van der Waals surface area contributed by atoms with Gasteiger partial charge in [0.15, 0.2) is 0 Å². The number of aromatic nitrogens is 2. The minimum absolute atomic E-state index is 0.0211. The summed E-state index contributed by atoms with van der Waals surface area (Å²) < 4.78 is 35.0. The molecule has 0 aliphatic carbocycles. The van der Waals surface area contributed by atoms with Crippen LogP contribution in [0.25, 0.3) is 11.3 Å². The maximum atomic E-state index is 13.2. The number of fused-ring (bicyclic) bond motifs is 1. The number of nitrogens with zero attached hydrogens (tertiary/aromatic N) is 4. The van der Waals surface area contributed by atoms with Crippen LogP contribution in [0.4, 0.5) is 4.39 Å². The van der Waals surface area contributed by atoms with Gasteiger partial charge in [-0.2, -0.15) is 5.10 Å². The van der Waals surface area contributed by atoms with E-state index >= 15 is 0 Å². The van der Waals surface area contributed by atoms with Crippen LogP contribution in [-0.4, -0.2) is 61.6 Å². The van der Waals surface area contributed by atoms with Gasteiger partial charge in [0.05, 0.1) is 22.2 Å². The molecule has 0 amide bonds. The van der Waals surface area contributed by atoms with Crippen molar-refractivity contribution in [1.29, 1.82) is 0 Å². The molecule has 5 rings (SSSR count). The highest BCUT2D eigenvalue weighted by Crippen LogP contribution is 2.33. The lowest BCUT2D eigenvalue weighted by Crippen LogP contribution is -2.32. The standard InChI is InChI=1S/C28H32ClFN4O3S/c1-38(36)33-16-11-26-24(18-33)27(31-34(26)15-4-14-32-12-2-3-13-32)21-7-10-25(29)22(17-21)19-37-28(35)20-5-8-23(30)9-6-20/h5-10,17H,2-4,11-16,18-19H2,1H3. The lowest BCUT2D eigenvalue weighted by molar-refractivity contribution is 0.0473. The fourth-order valence-electron chi connectivity index (χ4n) is 5.20. The zero-order valence-electron chi connectivity index (χ0n) is 21.5. The highest BCUT2D eigenvalue weighted by Gasteiger charge is 2.27. The van der Waals surface area contributed by atoms with E-state index in [1.165, 1.54) is 55.9 Å². The Hall–Kier alpha value is -2.59. The number of hydrogen-bond acceptors (Lipinski definition) is 5. The van der Waals surface area contributed by atoms with E-state index in [9.17, 15) is 13.4 Å². The quantitative estimate of drug-likeness (QED) is 0.352. The summed E-state index contributed by atoms with van der Waals surface area (Å²) in [7, 11) is -1.07. The summed E-state index contributed by atoms with van der Waals surface area (Å²) in [4.78, 5) is 15.0. The molecule has 0 saturated carbocycles. The summed E-state index contributed by atoms with van der Waals surface area (Å²) in [5.41, 5.74) is 4.93. The van der Waals surface area contributed by atoms with Crippen molar-refractivity contribution in [2.45, 2.75) is 45.4 Å². The molecule has 3 aromatic rings. The van der Waals surface area contributed by atoms with E-state index in [1.54, 1.807) is 12.3 Å². The van der Waals surface area contributed by atoms with Gasteiger partial charge in [-0.25, -0.2) is 17.7 Å². The van der Waals surface area contributed by atoms with Crippen molar-refractivity contribution in [2.24, 2.45) is 0 Å². The van der Waals surface area contributed by atoms with Crippen LogP contribution < -0.4 is 0 Å². The van der Waals surface area contributed by atoms with Gasteiger partial charge in [0.25, 0.3) is 0 Å². The monoisotopic (exact) mass is 558 g/mol. The minimum atomic E-state index is -1.07. The predicted molar refractivity (Wildman–Crippen MR) is 147 cm³/mol. The summed E-state index contributed by atoms with van der Waals surface area (Å²) in [6, 6.07) is 10.8. The van der Waals surface area contributed by atoms with E-state index in [-0.39, 0.29) is 12.2 Å². The van der Waals surface area contributed by atoms with Gasteiger partial charge in [0.2, 0.25) is 0 Å². The number of likely N-dealkylation sites (tertiary alicyclic amines) is 1. The zero-order chi connectivity index (χ0) is 26.6. The fraction of sp³-hybridized carbons (Fsp3) is 0.429. The van der Waals surface area contributed by atoms with Crippen LogP contribution in [0.3, 0.4) is 0 Å². The smallest absolute Gasteiger partial charge is 0.338 e. The first-order valence-corrected chi connectivity index (χ1v) is 14.9. The van der Waals surface area contributed by atoms with Gasteiger partial charge >= 0.3 is 5.97 Å². The molecule has 1 aromatic heterocycles. The van der Waals surface area contributed by atoms with Gasteiger partial charge in [-0.05, 0) is 75.3 Å². The Kier molecular flexibility index (Phi) is 8.57. The van der Waals surface area contributed by atoms with Gasteiger partial charge in [-0.1, -0.05) is 17.7 Å². The van der Waals surface area contributed by atoms with E-state index in [4.69, 9.17) is 21.4 Å². The molecule has 0 N–H and O–H groups in total. The van der Waals surface area contributed by atoms with Gasteiger partial charge in [-0.15, -0.1) is 0 Å². The van der Waals surface area contributed by atoms with Crippen LogP contribution in [-0.2, 0) is 41.8 Å². The van der Waals surface area contributed by atoms with Gasteiger partial charge in [0, 0.05) is 59.7 Å². The summed E-state index contributed by atoms with van der Waals surface area (Å²) in [6.45, 7) is 5.55. The van der Waals surface area contributed by atoms with Crippen molar-refractivity contribution in [1.82, 2.24) is 19.0 Å². The number of ether oxygens (including phenoxy) is 1. The van der Waals surface area contributed by atoms with Crippen LogP contribution in [0.5, 0.6) is 0 Å². The molecule has 2 aromatic carbocycles. The maximum Gasteiger partial charge on any atom is 0.338 e. The van der Waals surface area contributed by atoms with Crippen molar-refractivity contribution >= 4 is 28.6 Å². The molecule has 7 nitrogen and oxygen atoms in total. The number of rotatable bonds is 9. The summed E-state index contributed by atoms with van der Waals surface area (Å²) in [5, 5.41) is 5.51. The number of carbonyl (C=O) groups excluding carboxylic acids is 1. The van der Waals surface area contributed by atoms with E-state index in [2.05, 4.69) is 9.58 Å². The van der Waals surface area contributed by atoms with Gasteiger partial charge < -0.3 is 9.64 Å². The first kappa shape index (κ1) is 27.0. The molecule has 202 valence electrons. The number of hydrogen-bond donors (Lipinski definition) is 0. The second kappa shape index (κ2) is 12.1. The van der Waals surface area contributed by atoms with Crippen LogP contribution in [0, 0.1) is 5.82 Å². The maximum absolute atomic E-state index is 13.2. The van der Waals surface area contributed by atoms with Crippen molar-refractivity contribution < 1.29 is 18.1 Å². The zero-order valence-corrected chi connectivity index (χ0v) is 23.1. The lowest BCUT2D eigenvalue weighted by Gasteiger charge is -2.25. The third kappa shape index (κ3) is 6.17. The largest absolute Gasteiger partial charge is 0.457 e. The Bertz CT molecular complexity index is 1320. The minimum Gasteiger partial charge on any atom is -0.457 e. The van der Waals surface area contributed by atoms with E-state index in [1.807, 2.05) is 16.4 Å². The predicted octanol–water partition coefficient (Wildman–Crippen LogP) is 4.84. The number of halogens is 2. The Morgan fingerprint density at radius 2 is 1.87 bits per heavy atom.